The van der Waals surface area contributed by atoms with Crippen LogP contribution < -0.4 is 4.90 Å². The van der Waals surface area contributed by atoms with Crippen LogP contribution in [0.3, 0.4) is 0 Å². The monoisotopic (exact) mass is 347 g/mol. The van der Waals surface area contributed by atoms with Gasteiger partial charge in [-0.1, -0.05) is 0 Å². The molecule has 7 nitrogen and oxygen atoms in total. The molecule has 2 saturated heterocycles. The predicted molar refractivity (Wildman–Crippen MR) is 91.6 cm³/mol. The third kappa shape index (κ3) is 3.36. The molecule has 1 aromatic heterocycles. The lowest BCUT2D eigenvalue weighted by molar-refractivity contribution is -0.0449. The molecule has 0 radical (unpaired) electrons. The van der Waals surface area contributed by atoms with Gasteiger partial charge in [-0.05, 0) is 30.9 Å². The molecule has 3 atom stereocenters. The third-order valence-corrected chi connectivity index (χ3v) is 5.48. The summed E-state index contributed by atoms with van der Waals surface area (Å²) in [5, 5.41) is 9.43. The first-order chi connectivity index (χ1) is 12.3. The summed E-state index contributed by atoms with van der Waals surface area (Å²) < 4.78 is 11.2. The number of amides is 1. The Morgan fingerprint density at radius 2 is 2.04 bits per heavy atom. The number of hydrogen-bond acceptors (Lipinski definition) is 6. The maximum absolute atomic E-state index is 13.0. The first-order valence-corrected chi connectivity index (χ1v) is 9.08. The van der Waals surface area contributed by atoms with E-state index in [9.17, 15) is 9.90 Å². The largest absolute Gasteiger partial charge is 0.396 e. The van der Waals surface area contributed by atoms with Crippen molar-refractivity contribution in [2.24, 2.45) is 5.92 Å². The highest BCUT2D eigenvalue weighted by Crippen LogP contribution is 2.34. The lowest BCUT2D eigenvalue weighted by Crippen LogP contribution is -2.51. The number of hydrogen-bond donors (Lipinski definition) is 1. The quantitative estimate of drug-likeness (QED) is 0.860. The Morgan fingerprint density at radius 3 is 2.76 bits per heavy atom. The molecule has 0 aromatic carbocycles. The van der Waals surface area contributed by atoms with Crippen LogP contribution in [0.2, 0.25) is 0 Å². The van der Waals surface area contributed by atoms with Crippen LogP contribution in [0.4, 0.5) is 5.82 Å². The lowest BCUT2D eigenvalue weighted by Gasteiger charge is -2.37. The number of aliphatic hydroxyl groups is 1. The van der Waals surface area contributed by atoms with Gasteiger partial charge in [-0.15, -0.1) is 0 Å². The molecule has 1 aliphatic carbocycles. The molecule has 25 heavy (non-hydrogen) atoms. The van der Waals surface area contributed by atoms with Gasteiger partial charge in [0.1, 0.15) is 5.82 Å². The minimum absolute atomic E-state index is 0.0120. The van der Waals surface area contributed by atoms with Crippen molar-refractivity contribution in [1.82, 2.24) is 9.88 Å². The van der Waals surface area contributed by atoms with E-state index in [0.717, 1.165) is 31.7 Å². The number of rotatable bonds is 3. The van der Waals surface area contributed by atoms with E-state index in [1.807, 2.05) is 17.0 Å². The summed E-state index contributed by atoms with van der Waals surface area (Å²) in [4.78, 5) is 21.5. The van der Waals surface area contributed by atoms with Crippen LogP contribution in [-0.4, -0.2) is 79.1 Å². The van der Waals surface area contributed by atoms with E-state index >= 15 is 0 Å². The first-order valence-electron chi connectivity index (χ1n) is 9.08. The Hall–Kier alpha value is -1.70. The Labute approximate surface area is 147 Å². The molecule has 0 spiro atoms. The Balaban J connectivity index is 1.46. The average molecular weight is 347 g/mol. The summed E-state index contributed by atoms with van der Waals surface area (Å²) in [7, 11) is 0. The Bertz CT molecular complexity index is 603. The van der Waals surface area contributed by atoms with Crippen molar-refractivity contribution >= 4 is 11.7 Å². The Morgan fingerprint density at radius 1 is 1.20 bits per heavy atom. The summed E-state index contributed by atoms with van der Waals surface area (Å²) in [5.74, 6) is 1.13. The number of carbonyl (C=O) groups excluding carboxylic acids is 1. The molecule has 4 rings (SSSR count). The Kier molecular flexibility index (Phi) is 4.87. The minimum atomic E-state index is 0.0120. The molecular formula is C18H25N3O4. The normalized spacial score (nSPS) is 29.6. The van der Waals surface area contributed by atoms with Crippen molar-refractivity contribution in [2.45, 2.75) is 25.0 Å². The second-order valence-corrected chi connectivity index (χ2v) is 7.00. The maximum atomic E-state index is 13.0. The smallest absolute Gasteiger partial charge is 0.255 e. The zero-order valence-corrected chi connectivity index (χ0v) is 14.3. The molecule has 7 heteroatoms. The second-order valence-electron chi connectivity index (χ2n) is 7.00. The fourth-order valence-corrected chi connectivity index (χ4v) is 4.11. The van der Waals surface area contributed by atoms with Crippen LogP contribution >= 0.6 is 0 Å². The molecule has 3 fully saturated rings. The number of pyridine rings is 1. The van der Waals surface area contributed by atoms with Crippen LogP contribution in [0.5, 0.6) is 0 Å². The third-order valence-electron chi connectivity index (χ3n) is 5.48. The van der Waals surface area contributed by atoms with Gasteiger partial charge in [0.05, 0.1) is 37.5 Å². The van der Waals surface area contributed by atoms with Gasteiger partial charge >= 0.3 is 0 Å². The molecule has 1 saturated carbocycles. The van der Waals surface area contributed by atoms with Gasteiger partial charge in [-0.2, -0.15) is 0 Å². The summed E-state index contributed by atoms with van der Waals surface area (Å²) in [5.41, 5.74) is 0.616. The highest BCUT2D eigenvalue weighted by atomic mass is 16.5. The zero-order chi connectivity index (χ0) is 17.2. The van der Waals surface area contributed by atoms with Gasteiger partial charge in [0.2, 0.25) is 0 Å². The van der Waals surface area contributed by atoms with Crippen LogP contribution in [0, 0.1) is 5.92 Å². The number of morpholine rings is 2. The molecule has 1 amide bonds. The molecule has 0 bridgehead atoms. The predicted octanol–water partition coefficient (Wildman–Crippen LogP) is 0.530. The molecule has 1 aromatic rings. The summed E-state index contributed by atoms with van der Waals surface area (Å²) in [6.45, 7) is 4.41. The highest BCUT2D eigenvalue weighted by Gasteiger charge is 2.42. The summed E-state index contributed by atoms with van der Waals surface area (Å²) in [6.07, 6.45) is 3.37. The molecule has 1 unspecified atom stereocenters. The SMILES string of the molecule is O=C(c1ccc(N2CCOCC2)nc1)N1CCOC2C[C@H](CO)C[C@@H]21. The van der Waals surface area contributed by atoms with Gasteiger partial charge in [-0.3, -0.25) is 4.79 Å². The number of ether oxygens (including phenoxy) is 2. The minimum Gasteiger partial charge on any atom is -0.396 e. The van der Waals surface area contributed by atoms with Gasteiger partial charge < -0.3 is 24.4 Å². The van der Waals surface area contributed by atoms with Crippen LogP contribution in [-0.2, 0) is 9.47 Å². The van der Waals surface area contributed by atoms with E-state index in [4.69, 9.17) is 9.47 Å². The number of carbonyl (C=O) groups is 1. The lowest BCUT2D eigenvalue weighted by atomic mass is 10.1. The van der Waals surface area contributed by atoms with Crippen molar-refractivity contribution in [3.05, 3.63) is 23.9 Å². The highest BCUT2D eigenvalue weighted by molar-refractivity contribution is 5.94. The number of aromatic nitrogens is 1. The van der Waals surface area contributed by atoms with E-state index in [-0.39, 0.29) is 30.6 Å². The maximum Gasteiger partial charge on any atom is 0.255 e. The standard InChI is InChI=1S/C18H25N3O4/c22-12-13-9-15-16(10-13)25-8-5-21(15)18(23)14-1-2-17(19-11-14)20-3-6-24-7-4-20/h1-2,11,13,15-16,22H,3-10,12H2/t13-,15+,16?/m1/s1. The molecule has 3 aliphatic rings. The van der Waals surface area contributed by atoms with Crippen molar-refractivity contribution in [3.8, 4) is 0 Å². The van der Waals surface area contributed by atoms with Gasteiger partial charge in [0.25, 0.3) is 5.91 Å². The molecule has 136 valence electrons. The van der Waals surface area contributed by atoms with E-state index < -0.39 is 0 Å². The van der Waals surface area contributed by atoms with Crippen LogP contribution in [0.15, 0.2) is 18.3 Å². The zero-order valence-electron chi connectivity index (χ0n) is 14.3. The second kappa shape index (κ2) is 7.27. The fraction of sp³-hybridized carbons (Fsp3) is 0.667. The van der Waals surface area contributed by atoms with Gasteiger partial charge in [-0.25, -0.2) is 4.98 Å². The topological polar surface area (TPSA) is 75.1 Å². The first kappa shape index (κ1) is 16.8. The molecule has 3 heterocycles. The molecule has 1 N–H and O–H groups in total. The number of anilines is 1. The average Bonchev–Trinajstić information content (AvgIpc) is 3.12. The van der Waals surface area contributed by atoms with Crippen molar-refractivity contribution in [2.75, 3.05) is 51.0 Å². The van der Waals surface area contributed by atoms with Crippen molar-refractivity contribution in [1.29, 1.82) is 0 Å². The van der Waals surface area contributed by atoms with E-state index in [1.54, 1.807) is 6.20 Å². The number of fused-ring (bicyclic) bond motifs is 1. The van der Waals surface area contributed by atoms with Crippen molar-refractivity contribution < 1.29 is 19.4 Å². The fourth-order valence-electron chi connectivity index (χ4n) is 4.11. The van der Waals surface area contributed by atoms with E-state index in [0.29, 0.717) is 31.9 Å². The van der Waals surface area contributed by atoms with Crippen LogP contribution in [0.1, 0.15) is 23.2 Å². The van der Waals surface area contributed by atoms with E-state index in [2.05, 4.69) is 9.88 Å². The number of aliphatic hydroxyl groups excluding tert-OH is 1. The molecule has 2 aliphatic heterocycles. The summed E-state index contributed by atoms with van der Waals surface area (Å²) in [6, 6.07) is 3.85. The van der Waals surface area contributed by atoms with Crippen LogP contribution in [0.25, 0.3) is 0 Å². The number of nitrogens with zero attached hydrogens (tertiary/aromatic N) is 3. The van der Waals surface area contributed by atoms with Gasteiger partial charge in [0.15, 0.2) is 0 Å². The van der Waals surface area contributed by atoms with Crippen molar-refractivity contribution in [3.63, 3.8) is 0 Å². The van der Waals surface area contributed by atoms with E-state index in [1.165, 1.54) is 0 Å². The summed E-state index contributed by atoms with van der Waals surface area (Å²) >= 11 is 0. The van der Waals surface area contributed by atoms with Gasteiger partial charge in [0, 0.05) is 32.4 Å². The molecular weight excluding hydrogens is 322 g/mol.